The summed E-state index contributed by atoms with van der Waals surface area (Å²) in [7, 11) is -4.92. The van der Waals surface area contributed by atoms with E-state index < -0.39 is 28.4 Å². The van der Waals surface area contributed by atoms with Crippen LogP contribution in [-0.4, -0.2) is 45.7 Å². The van der Waals surface area contributed by atoms with Crippen LogP contribution in [0.3, 0.4) is 0 Å². The Labute approximate surface area is 114 Å². The number of hydrogen-bond donors (Lipinski definition) is 4. The van der Waals surface area contributed by atoms with Crippen LogP contribution in [0, 0.1) is 0 Å². The average molecular weight is 267 g/mol. The van der Waals surface area contributed by atoms with E-state index in [0.717, 1.165) is 0 Å². The van der Waals surface area contributed by atoms with Gasteiger partial charge in [0.1, 0.15) is 6.04 Å². The number of carbonyl (C=O) groups is 2. The van der Waals surface area contributed by atoms with Crippen molar-refractivity contribution in [2.24, 2.45) is 5.73 Å². The van der Waals surface area contributed by atoms with Gasteiger partial charge in [-0.15, -0.1) is 0 Å². The molecule has 0 aliphatic rings. The molecule has 0 unspecified atom stereocenters. The van der Waals surface area contributed by atoms with Crippen molar-refractivity contribution in [3.05, 3.63) is 0 Å². The van der Waals surface area contributed by atoms with Gasteiger partial charge in [-0.05, 0) is 6.42 Å². The molecule has 0 aliphatic carbocycles. The van der Waals surface area contributed by atoms with E-state index in [1.54, 1.807) is 0 Å². The van der Waals surface area contributed by atoms with E-state index in [4.69, 9.17) is 33.5 Å². The molecule has 0 spiro atoms. The first kappa shape index (κ1) is 21.1. The van der Waals surface area contributed by atoms with E-state index in [0.29, 0.717) is 0 Å². The average Bonchev–Trinajstić information content (AvgIpc) is 1.96. The molecule has 16 heavy (non-hydrogen) atoms. The molecule has 0 heterocycles. The summed E-state index contributed by atoms with van der Waals surface area (Å²) in [5.74, 6) is -2.20. The molecule has 0 aromatic heterocycles. The fourth-order valence-corrected chi connectivity index (χ4v) is 0.402. The van der Waals surface area contributed by atoms with Gasteiger partial charge in [0.05, 0.1) is 0 Å². The minimum absolute atomic E-state index is 0. The van der Waals surface area contributed by atoms with Crippen molar-refractivity contribution in [3.63, 3.8) is 0 Å². The molecule has 0 amide bonds. The van der Waals surface area contributed by atoms with Gasteiger partial charge in [0, 0.05) is 6.42 Å². The fourth-order valence-electron chi connectivity index (χ4n) is 0.402. The zero-order valence-corrected chi connectivity index (χ0v) is 11.2. The second-order valence-corrected chi connectivity index (χ2v) is 3.16. The molecule has 9 nitrogen and oxygen atoms in total. The normalized spacial score (nSPS) is 11.4. The van der Waals surface area contributed by atoms with E-state index in [2.05, 4.69) is 0 Å². The number of carboxylic acids is 2. The van der Waals surface area contributed by atoms with Gasteiger partial charge in [0.15, 0.2) is 0 Å². The Morgan fingerprint density at radius 1 is 1.31 bits per heavy atom. The SMILES string of the molecule is N[C@@H](CCC(=O)O)C(=O)O.O=S(=O)([O-])O.[Na+]. The molecule has 0 saturated heterocycles. The van der Waals surface area contributed by atoms with E-state index in [9.17, 15) is 9.59 Å². The first-order chi connectivity index (χ1) is 6.54. The van der Waals surface area contributed by atoms with E-state index in [1.165, 1.54) is 0 Å². The third-order valence-electron chi connectivity index (χ3n) is 0.986. The fraction of sp³-hybridized carbons (Fsp3) is 0.600. The van der Waals surface area contributed by atoms with Gasteiger partial charge in [-0.3, -0.25) is 14.1 Å². The molecule has 5 N–H and O–H groups in total. The number of aliphatic carboxylic acids is 2. The molecule has 0 fully saturated rings. The van der Waals surface area contributed by atoms with Crippen molar-refractivity contribution in [1.82, 2.24) is 0 Å². The van der Waals surface area contributed by atoms with Crippen LogP contribution in [0.5, 0.6) is 0 Å². The van der Waals surface area contributed by atoms with Crippen molar-refractivity contribution < 1.29 is 66.9 Å². The van der Waals surface area contributed by atoms with Crippen molar-refractivity contribution in [1.29, 1.82) is 0 Å². The quantitative estimate of drug-likeness (QED) is 0.221. The zero-order chi connectivity index (χ0) is 12.6. The summed E-state index contributed by atoms with van der Waals surface area (Å²) in [6.07, 6.45) is -0.224. The van der Waals surface area contributed by atoms with Crippen LogP contribution in [0.4, 0.5) is 0 Å². The molecule has 0 rings (SSSR count). The first-order valence-electron chi connectivity index (χ1n) is 3.42. The second-order valence-electron chi connectivity index (χ2n) is 2.30. The summed E-state index contributed by atoms with van der Waals surface area (Å²) in [4.78, 5) is 19.9. The van der Waals surface area contributed by atoms with Crippen molar-refractivity contribution >= 4 is 22.3 Å². The maximum atomic E-state index is 9.99. The van der Waals surface area contributed by atoms with Crippen LogP contribution in [0.2, 0.25) is 0 Å². The third-order valence-corrected chi connectivity index (χ3v) is 0.986. The molecular formula is C5H10NNaO8S. The van der Waals surface area contributed by atoms with Gasteiger partial charge in [-0.2, -0.15) is 0 Å². The summed E-state index contributed by atoms with van der Waals surface area (Å²) < 4.78 is 32.8. The zero-order valence-electron chi connectivity index (χ0n) is 8.36. The van der Waals surface area contributed by atoms with Crippen molar-refractivity contribution in [3.8, 4) is 0 Å². The second kappa shape index (κ2) is 9.96. The summed E-state index contributed by atoms with van der Waals surface area (Å²) in [6.45, 7) is 0. The van der Waals surface area contributed by atoms with Gasteiger partial charge in [-0.25, -0.2) is 8.42 Å². The summed E-state index contributed by atoms with van der Waals surface area (Å²) >= 11 is 0. The van der Waals surface area contributed by atoms with Crippen LogP contribution in [-0.2, 0) is 20.0 Å². The molecule has 11 heteroatoms. The van der Waals surface area contributed by atoms with Gasteiger partial charge >= 0.3 is 41.5 Å². The maximum Gasteiger partial charge on any atom is 1.00 e. The van der Waals surface area contributed by atoms with Crippen LogP contribution >= 0.6 is 0 Å². The van der Waals surface area contributed by atoms with Gasteiger partial charge < -0.3 is 20.5 Å². The van der Waals surface area contributed by atoms with E-state index >= 15 is 0 Å². The van der Waals surface area contributed by atoms with E-state index in [-0.39, 0.29) is 42.4 Å². The van der Waals surface area contributed by atoms with Crippen LogP contribution in [0.1, 0.15) is 12.8 Å². The Hall–Kier alpha value is -0.230. The van der Waals surface area contributed by atoms with Crippen molar-refractivity contribution in [2.75, 3.05) is 0 Å². The minimum Gasteiger partial charge on any atom is -0.726 e. The number of nitrogens with two attached hydrogens (primary N) is 1. The molecule has 0 aromatic rings. The number of hydrogen-bond acceptors (Lipinski definition) is 6. The van der Waals surface area contributed by atoms with Crippen molar-refractivity contribution in [2.45, 2.75) is 18.9 Å². The van der Waals surface area contributed by atoms with Gasteiger partial charge in [-0.1, -0.05) is 0 Å². The standard InChI is InChI=1S/C5H9NO4.Na.H2O4S/c6-3(5(9)10)1-2-4(7)8;;1-5(2,3)4/h3H,1-2,6H2,(H,7,8)(H,9,10);;(H2,1,2,3,4)/q;+1;/p-1/t3-;;/m0../s1. The van der Waals surface area contributed by atoms with Crippen LogP contribution < -0.4 is 35.3 Å². The largest absolute Gasteiger partial charge is 1.00 e. The first-order valence-corrected chi connectivity index (χ1v) is 4.79. The predicted octanol–water partition coefficient (Wildman–Crippen LogP) is -4.73. The minimum atomic E-state index is -4.92. The van der Waals surface area contributed by atoms with Crippen LogP contribution in [0.15, 0.2) is 0 Å². The molecule has 0 bridgehead atoms. The molecule has 1 atom stereocenters. The third kappa shape index (κ3) is 29.2. The summed E-state index contributed by atoms with van der Waals surface area (Å²) in [6, 6.07) is -1.06. The van der Waals surface area contributed by atoms with Crippen LogP contribution in [0.25, 0.3) is 0 Å². The molecular weight excluding hydrogens is 257 g/mol. The topological polar surface area (TPSA) is 178 Å². The Morgan fingerprint density at radius 3 is 1.81 bits per heavy atom. The maximum absolute atomic E-state index is 9.99. The Bertz CT molecular complexity index is 306. The monoisotopic (exact) mass is 267 g/mol. The summed E-state index contributed by atoms with van der Waals surface area (Å²) in [5, 5.41) is 16.3. The van der Waals surface area contributed by atoms with Gasteiger partial charge in [0.25, 0.3) is 0 Å². The Kier molecular flexibility index (Phi) is 13.1. The smallest absolute Gasteiger partial charge is 0.726 e. The molecule has 0 aliphatic heterocycles. The summed E-state index contributed by atoms with van der Waals surface area (Å²) in [5.41, 5.74) is 5.00. The molecule has 90 valence electrons. The Morgan fingerprint density at radius 2 is 1.62 bits per heavy atom. The molecule has 0 saturated carbocycles. The predicted molar refractivity (Wildman–Crippen MR) is 44.8 cm³/mol. The molecule has 0 aromatic carbocycles. The van der Waals surface area contributed by atoms with Gasteiger partial charge in [0.2, 0.25) is 10.4 Å². The van der Waals surface area contributed by atoms with E-state index in [1.807, 2.05) is 0 Å². The number of rotatable bonds is 4. The Balaban J connectivity index is -0.000000242. The molecule has 0 radical (unpaired) electrons. The number of carboxylic acid groups (broad SMARTS) is 2.